The van der Waals surface area contributed by atoms with E-state index in [1.54, 1.807) is 21.5 Å². The van der Waals surface area contributed by atoms with E-state index in [9.17, 15) is 9.59 Å². The summed E-state index contributed by atoms with van der Waals surface area (Å²) < 4.78 is 7.22. The number of carbonyl (C=O) groups is 2. The standard InChI is InChI=1S/C16H26N6O3/c1-11(2)12(13-17-10-18-21(13)4)19-14(23)22-7-5-16(6-8-22)9-20(3)15(24)25-16/h10-12H,5-9H2,1-4H3,(H,19,23)/t12-/m0/s1. The van der Waals surface area contributed by atoms with Crippen molar-refractivity contribution in [1.82, 2.24) is 29.9 Å². The van der Waals surface area contributed by atoms with Crippen molar-refractivity contribution in [2.75, 3.05) is 26.7 Å². The number of aryl methyl sites for hydroxylation is 1. The van der Waals surface area contributed by atoms with Crippen molar-refractivity contribution in [1.29, 1.82) is 0 Å². The molecule has 3 heterocycles. The maximum Gasteiger partial charge on any atom is 0.410 e. The normalized spacial score (nSPS) is 20.9. The van der Waals surface area contributed by atoms with Gasteiger partial charge in [-0.1, -0.05) is 13.8 Å². The molecule has 1 aromatic rings. The summed E-state index contributed by atoms with van der Waals surface area (Å²) in [5.74, 6) is 0.926. The molecule has 0 aliphatic carbocycles. The predicted molar refractivity (Wildman–Crippen MR) is 89.8 cm³/mol. The van der Waals surface area contributed by atoms with Gasteiger partial charge in [-0.25, -0.2) is 14.6 Å². The summed E-state index contributed by atoms with van der Waals surface area (Å²) in [4.78, 5) is 32.0. The van der Waals surface area contributed by atoms with Crippen molar-refractivity contribution in [3.63, 3.8) is 0 Å². The average molecular weight is 350 g/mol. The monoisotopic (exact) mass is 350 g/mol. The van der Waals surface area contributed by atoms with Gasteiger partial charge in [0, 0.05) is 40.0 Å². The molecule has 9 heteroatoms. The van der Waals surface area contributed by atoms with Gasteiger partial charge in [-0.2, -0.15) is 5.10 Å². The van der Waals surface area contributed by atoms with E-state index in [1.165, 1.54) is 6.33 Å². The molecule has 0 bridgehead atoms. The lowest BCUT2D eigenvalue weighted by Gasteiger charge is -2.38. The molecule has 2 aliphatic heterocycles. The minimum Gasteiger partial charge on any atom is -0.441 e. The number of ether oxygens (including phenoxy) is 1. The highest BCUT2D eigenvalue weighted by Crippen LogP contribution is 2.32. The third-order valence-electron chi connectivity index (χ3n) is 5.07. The highest BCUT2D eigenvalue weighted by atomic mass is 16.6. The Bertz CT molecular complexity index is 650. The van der Waals surface area contributed by atoms with Crippen LogP contribution in [0.4, 0.5) is 9.59 Å². The molecule has 2 saturated heterocycles. The Morgan fingerprint density at radius 1 is 1.32 bits per heavy atom. The first-order chi connectivity index (χ1) is 11.8. The van der Waals surface area contributed by atoms with Gasteiger partial charge in [-0.05, 0) is 5.92 Å². The molecule has 0 unspecified atom stereocenters. The van der Waals surface area contributed by atoms with E-state index in [4.69, 9.17) is 4.74 Å². The van der Waals surface area contributed by atoms with Crippen molar-refractivity contribution in [2.24, 2.45) is 13.0 Å². The number of carbonyl (C=O) groups excluding carboxylic acids is 2. The third kappa shape index (κ3) is 3.40. The van der Waals surface area contributed by atoms with E-state index >= 15 is 0 Å². The smallest absolute Gasteiger partial charge is 0.410 e. The van der Waals surface area contributed by atoms with Crippen LogP contribution in [0.5, 0.6) is 0 Å². The number of aromatic nitrogens is 3. The van der Waals surface area contributed by atoms with Gasteiger partial charge < -0.3 is 19.9 Å². The molecule has 1 N–H and O–H groups in total. The van der Waals surface area contributed by atoms with Crippen LogP contribution in [0.2, 0.25) is 0 Å². The van der Waals surface area contributed by atoms with Gasteiger partial charge >= 0.3 is 12.1 Å². The second-order valence-corrected chi connectivity index (χ2v) is 7.31. The van der Waals surface area contributed by atoms with Crippen LogP contribution < -0.4 is 5.32 Å². The molecule has 3 amide bonds. The first-order valence-electron chi connectivity index (χ1n) is 8.65. The molecule has 1 spiro atoms. The fourth-order valence-electron chi connectivity index (χ4n) is 3.51. The first-order valence-corrected chi connectivity index (χ1v) is 8.65. The summed E-state index contributed by atoms with van der Waals surface area (Å²) in [6, 6.07) is -0.319. The molecule has 2 aliphatic rings. The zero-order valence-corrected chi connectivity index (χ0v) is 15.2. The summed E-state index contributed by atoms with van der Waals surface area (Å²) in [7, 11) is 3.56. The van der Waals surface area contributed by atoms with Crippen LogP contribution in [0.3, 0.4) is 0 Å². The fraction of sp³-hybridized carbons (Fsp3) is 0.750. The Morgan fingerprint density at radius 3 is 2.48 bits per heavy atom. The number of piperidine rings is 1. The number of rotatable bonds is 3. The zero-order chi connectivity index (χ0) is 18.2. The highest BCUT2D eigenvalue weighted by molar-refractivity contribution is 5.75. The molecule has 3 rings (SSSR count). The Morgan fingerprint density at radius 2 is 2.00 bits per heavy atom. The van der Waals surface area contributed by atoms with Crippen molar-refractivity contribution in [2.45, 2.75) is 38.3 Å². The molecule has 0 aromatic carbocycles. The minimum atomic E-state index is -0.441. The number of hydrogen-bond acceptors (Lipinski definition) is 5. The van der Waals surface area contributed by atoms with Crippen LogP contribution in [-0.2, 0) is 11.8 Å². The molecule has 25 heavy (non-hydrogen) atoms. The molecule has 0 saturated carbocycles. The SMILES string of the molecule is CC(C)[C@H](NC(=O)N1CCC2(CC1)CN(C)C(=O)O2)c1ncnn1C. The quantitative estimate of drug-likeness (QED) is 0.882. The predicted octanol–water partition coefficient (Wildman–Crippen LogP) is 1.14. The van der Waals surface area contributed by atoms with Crippen LogP contribution in [0, 0.1) is 5.92 Å². The Labute approximate surface area is 147 Å². The number of amides is 3. The molecule has 2 fully saturated rings. The first kappa shape index (κ1) is 17.5. The summed E-state index contributed by atoms with van der Waals surface area (Å²) in [5, 5.41) is 7.16. The topological polar surface area (TPSA) is 92.6 Å². The largest absolute Gasteiger partial charge is 0.441 e. The van der Waals surface area contributed by atoms with E-state index in [1.807, 2.05) is 20.9 Å². The molecular weight excluding hydrogens is 324 g/mol. The molecule has 0 radical (unpaired) electrons. The summed E-state index contributed by atoms with van der Waals surface area (Å²) in [5.41, 5.74) is -0.441. The second-order valence-electron chi connectivity index (χ2n) is 7.31. The van der Waals surface area contributed by atoms with Crippen molar-refractivity contribution < 1.29 is 14.3 Å². The van der Waals surface area contributed by atoms with Gasteiger partial charge in [0.1, 0.15) is 17.8 Å². The second kappa shape index (κ2) is 6.53. The fourth-order valence-corrected chi connectivity index (χ4v) is 3.51. The number of likely N-dealkylation sites (tertiary alicyclic amines) is 1. The summed E-state index contributed by atoms with van der Waals surface area (Å²) in [6.07, 6.45) is 2.53. The average Bonchev–Trinajstić information content (AvgIpc) is 3.09. The minimum absolute atomic E-state index is 0.116. The van der Waals surface area contributed by atoms with E-state index in [-0.39, 0.29) is 24.1 Å². The number of likely N-dealkylation sites (N-methyl/N-ethyl adjacent to an activating group) is 1. The van der Waals surface area contributed by atoms with Crippen LogP contribution in [-0.4, -0.2) is 69.0 Å². The van der Waals surface area contributed by atoms with Gasteiger partial charge in [0.15, 0.2) is 0 Å². The van der Waals surface area contributed by atoms with Crippen molar-refractivity contribution >= 4 is 12.1 Å². The molecule has 138 valence electrons. The maximum absolute atomic E-state index is 12.7. The van der Waals surface area contributed by atoms with E-state index in [0.717, 1.165) is 5.82 Å². The van der Waals surface area contributed by atoms with Gasteiger partial charge in [0.2, 0.25) is 0 Å². The lowest BCUT2D eigenvalue weighted by molar-refractivity contribution is 0.00923. The van der Waals surface area contributed by atoms with Gasteiger partial charge in [0.25, 0.3) is 0 Å². The Kier molecular flexibility index (Phi) is 4.57. The van der Waals surface area contributed by atoms with Crippen LogP contribution >= 0.6 is 0 Å². The maximum atomic E-state index is 12.7. The number of nitrogens with zero attached hydrogens (tertiary/aromatic N) is 5. The van der Waals surface area contributed by atoms with Crippen molar-refractivity contribution in [3.8, 4) is 0 Å². The Balaban J connectivity index is 1.61. The third-order valence-corrected chi connectivity index (χ3v) is 5.07. The van der Waals surface area contributed by atoms with Crippen LogP contribution in [0.25, 0.3) is 0 Å². The lowest BCUT2D eigenvalue weighted by atomic mass is 9.91. The molecular formula is C16H26N6O3. The van der Waals surface area contributed by atoms with Crippen molar-refractivity contribution in [3.05, 3.63) is 12.2 Å². The molecule has 1 atom stereocenters. The lowest BCUT2D eigenvalue weighted by Crippen LogP contribution is -2.52. The van der Waals surface area contributed by atoms with Gasteiger partial charge in [0.05, 0.1) is 12.6 Å². The van der Waals surface area contributed by atoms with Crippen LogP contribution in [0.1, 0.15) is 38.6 Å². The van der Waals surface area contributed by atoms with Crippen LogP contribution in [0.15, 0.2) is 6.33 Å². The number of nitrogens with one attached hydrogen (secondary N) is 1. The molecule has 1 aromatic heterocycles. The summed E-state index contributed by atoms with van der Waals surface area (Å²) >= 11 is 0. The highest BCUT2D eigenvalue weighted by Gasteiger charge is 2.46. The number of urea groups is 1. The van der Waals surface area contributed by atoms with E-state index in [0.29, 0.717) is 32.5 Å². The number of hydrogen-bond donors (Lipinski definition) is 1. The van der Waals surface area contributed by atoms with E-state index < -0.39 is 5.60 Å². The van der Waals surface area contributed by atoms with Gasteiger partial charge in [-0.3, -0.25) is 4.68 Å². The Hall–Kier alpha value is -2.32. The molecule has 9 nitrogen and oxygen atoms in total. The van der Waals surface area contributed by atoms with Gasteiger partial charge in [-0.15, -0.1) is 0 Å². The van der Waals surface area contributed by atoms with E-state index in [2.05, 4.69) is 15.4 Å². The summed E-state index contributed by atoms with van der Waals surface area (Å²) in [6.45, 7) is 5.80. The zero-order valence-electron chi connectivity index (χ0n) is 15.2.